The van der Waals surface area contributed by atoms with Crippen LogP contribution in [0.25, 0.3) is 10.9 Å². The number of aromatic nitrogens is 1. The molecule has 0 radical (unpaired) electrons. The molecule has 0 spiro atoms. The minimum atomic E-state index is -1.03. The van der Waals surface area contributed by atoms with Crippen LogP contribution in [-0.4, -0.2) is 62.7 Å². The van der Waals surface area contributed by atoms with Gasteiger partial charge in [0.1, 0.15) is 6.04 Å². The Kier molecular flexibility index (Phi) is 6.00. The lowest BCUT2D eigenvalue weighted by molar-refractivity contribution is -0.144. The second-order valence-electron chi connectivity index (χ2n) is 7.92. The number of carboxylic acid groups (broad SMARTS) is 2. The highest BCUT2D eigenvalue weighted by Crippen LogP contribution is 2.32. The first-order valence-electron chi connectivity index (χ1n) is 10.1. The quantitative estimate of drug-likeness (QED) is 0.609. The molecule has 2 aromatic carbocycles. The van der Waals surface area contributed by atoms with Gasteiger partial charge in [0.05, 0.1) is 5.56 Å². The average Bonchev–Trinajstić information content (AvgIpc) is 3.05. The van der Waals surface area contributed by atoms with Gasteiger partial charge in [0.2, 0.25) is 0 Å². The van der Waals surface area contributed by atoms with Crippen molar-refractivity contribution in [3.05, 3.63) is 70.4 Å². The highest BCUT2D eigenvalue weighted by atomic mass is 35.5. The molecule has 7 nitrogen and oxygen atoms in total. The number of aromatic carboxylic acids is 1. The van der Waals surface area contributed by atoms with Crippen molar-refractivity contribution in [3.63, 3.8) is 0 Å². The van der Waals surface area contributed by atoms with Crippen LogP contribution in [0, 0.1) is 0 Å². The largest absolute Gasteiger partial charge is 0.480 e. The third kappa shape index (κ3) is 4.44. The first-order chi connectivity index (χ1) is 14.8. The van der Waals surface area contributed by atoms with Crippen LogP contribution in [0.1, 0.15) is 27.5 Å². The number of carbonyl (C=O) groups is 2. The first kappa shape index (κ1) is 21.4. The van der Waals surface area contributed by atoms with Crippen LogP contribution in [0.5, 0.6) is 0 Å². The Bertz CT molecular complexity index is 1140. The Morgan fingerprint density at radius 2 is 1.81 bits per heavy atom. The normalized spacial score (nSPS) is 16.5. The fraction of sp³-hybridized carbons (Fsp3) is 0.304. The van der Waals surface area contributed by atoms with Crippen LogP contribution >= 0.6 is 11.6 Å². The van der Waals surface area contributed by atoms with Gasteiger partial charge in [-0.25, -0.2) is 4.79 Å². The molecule has 0 aliphatic carbocycles. The van der Waals surface area contributed by atoms with Gasteiger partial charge in [0, 0.05) is 67.5 Å². The molecule has 162 valence electrons. The number of nitrogens with zero attached hydrogens (tertiary/aromatic N) is 3. The summed E-state index contributed by atoms with van der Waals surface area (Å²) in [5.41, 5.74) is 2.71. The molecule has 1 aliphatic heterocycles. The van der Waals surface area contributed by atoms with Crippen molar-refractivity contribution in [2.75, 3.05) is 26.2 Å². The molecule has 3 aromatic rings. The van der Waals surface area contributed by atoms with Crippen LogP contribution in [0.15, 0.2) is 48.7 Å². The summed E-state index contributed by atoms with van der Waals surface area (Å²) in [5, 5.41) is 20.8. The lowest BCUT2D eigenvalue weighted by atomic mass is 10.0. The third-order valence-corrected chi connectivity index (χ3v) is 6.10. The topological polar surface area (TPSA) is 86.0 Å². The van der Waals surface area contributed by atoms with Gasteiger partial charge in [-0.2, -0.15) is 0 Å². The maximum Gasteiger partial charge on any atom is 0.335 e. The van der Waals surface area contributed by atoms with E-state index >= 15 is 0 Å². The van der Waals surface area contributed by atoms with Gasteiger partial charge in [-0.1, -0.05) is 23.7 Å². The molecule has 2 heterocycles. The molecule has 31 heavy (non-hydrogen) atoms. The van der Waals surface area contributed by atoms with Crippen molar-refractivity contribution in [1.29, 1.82) is 0 Å². The molecule has 0 saturated carbocycles. The van der Waals surface area contributed by atoms with E-state index in [4.69, 9.17) is 11.6 Å². The number of hydrogen-bond acceptors (Lipinski definition) is 4. The summed E-state index contributed by atoms with van der Waals surface area (Å²) in [7, 11) is 1.84. The molecule has 1 unspecified atom stereocenters. The Labute approximate surface area is 185 Å². The average molecular weight is 442 g/mol. The first-order valence-corrected chi connectivity index (χ1v) is 10.5. The summed E-state index contributed by atoms with van der Waals surface area (Å²) >= 11 is 6.08. The predicted molar refractivity (Wildman–Crippen MR) is 119 cm³/mol. The summed E-state index contributed by atoms with van der Waals surface area (Å²) in [5.74, 6) is -1.96. The molecule has 2 N–H and O–H groups in total. The molecule has 8 heteroatoms. The standard InChI is InChI=1S/C23H24ClN3O4/c1-25-14-19(18-12-16(22(28)29)5-6-20(18)25)21(23(30)31)27-9-7-26(8-10-27)13-15-3-2-4-17(24)11-15/h2-6,11-12,14,21H,7-10,13H2,1H3,(H,28,29)(H,30,31). The zero-order chi connectivity index (χ0) is 22.1. The van der Waals surface area contributed by atoms with Crippen molar-refractivity contribution in [1.82, 2.24) is 14.4 Å². The fourth-order valence-electron chi connectivity index (χ4n) is 4.33. The van der Waals surface area contributed by atoms with Gasteiger partial charge in [-0.05, 0) is 35.9 Å². The van der Waals surface area contributed by atoms with Crippen molar-refractivity contribution in [3.8, 4) is 0 Å². The van der Waals surface area contributed by atoms with Gasteiger partial charge >= 0.3 is 11.9 Å². The second kappa shape index (κ2) is 8.70. The van der Waals surface area contributed by atoms with Gasteiger partial charge in [-0.15, -0.1) is 0 Å². The number of benzene rings is 2. The number of fused-ring (bicyclic) bond motifs is 1. The van der Waals surface area contributed by atoms with Crippen molar-refractivity contribution in [2.45, 2.75) is 12.6 Å². The molecule has 1 saturated heterocycles. The van der Waals surface area contributed by atoms with Gasteiger partial charge < -0.3 is 14.8 Å². The van der Waals surface area contributed by atoms with Crippen molar-refractivity contribution in [2.24, 2.45) is 7.05 Å². The SMILES string of the molecule is Cn1cc(C(C(=O)O)N2CCN(Cc3cccc(Cl)c3)CC2)c2cc(C(=O)O)ccc21. The summed E-state index contributed by atoms with van der Waals surface area (Å²) in [6.07, 6.45) is 1.80. The zero-order valence-corrected chi connectivity index (χ0v) is 17.9. The van der Waals surface area contributed by atoms with E-state index in [1.54, 1.807) is 24.4 Å². The highest BCUT2D eigenvalue weighted by Gasteiger charge is 2.32. The van der Waals surface area contributed by atoms with E-state index in [1.807, 2.05) is 40.8 Å². The van der Waals surface area contributed by atoms with Gasteiger partial charge in [0.25, 0.3) is 0 Å². The number of hydrogen-bond donors (Lipinski definition) is 2. The summed E-state index contributed by atoms with van der Waals surface area (Å²) < 4.78 is 1.85. The van der Waals surface area contributed by atoms with E-state index in [-0.39, 0.29) is 5.56 Å². The number of aliphatic carboxylic acids is 1. The van der Waals surface area contributed by atoms with E-state index in [0.29, 0.717) is 29.1 Å². The van der Waals surface area contributed by atoms with E-state index in [1.165, 1.54) is 0 Å². The Hall–Kier alpha value is -2.87. The number of halogens is 1. The summed E-state index contributed by atoms with van der Waals surface area (Å²) in [6, 6.07) is 11.8. The molecule has 0 amide bonds. The summed E-state index contributed by atoms with van der Waals surface area (Å²) in [6.45, 7) is 3.45. The van der Waals surface area contributed by atoms with Gasteiger partial charge in [0.15, 0.2) is 0 Å². The van der Waals surface area contributed by atoms with E-state index in [0.717, 1.165) is 30.7 Å². The van der Waals surface area contributed by atoms with E-state index in [2.05, 4.69) is 4.90 Å². The minimum Gasteiger partial charge on any atom is -0.480 e. The highest BCUT2D eigenvalue weighted by molar-refractivity contribution is 6.30. The number of rotatable bonds is 6. The van der Waals surface area contributed by atoms with E-state index < -0.39 is 18.0 Å². The number of carboxylic acids is 2. The lowest BCUT2D eigenvalue weighted by Crippen LogP contribution is -2.48. The Morgan fingerprint density at radius 3 is 2.45 bits per heavy atom. The Morgan fingerprint density at radius 1 is 1.06 bits per heavy atom. The lowest BCUT2D eigenvalue weighted by Gasteiger charge is -2.37. The molecule has 4 rings (SSSR count). The summed E-state index contributed by atoms with van der Waals surface area (Å²) in [4.78, 5) is 28.0. The zero-order valence-electron chi connectivity index (χ0n) is 17.2. The van der Waals surface area contributed by atoms with Crippen LogP contribution in [0.4, 0.5) is 0 Å². The molecule has 1 aliphatic rings. The monoisotopic (exact) mass is 441 g/mol. The molecule has 1 aromatic heterocycles. The van der Waals surface area contributed by atoms with Crippen LogP contribution < -0.4 is 0 Å². The predicted octanol–water partition coefficient (Wildman–Crippen LogP) is 3.47. The molecule has 1 atom stereocenters. The minimum absolute atomic E-state index is 0.149. The van der Waals surface area contributed by atoms with E-state index in [9.17, 15) is 19.8 Å². The molecular formula is C23H24ClN3O4. The van der Waals surface area contributed by atoms with Crippen LogP contribution in [0.2, 0.25) is 5.02 Å². The third-order valence-electron chi connectivity index (χ3n) is 5.86. The fourth-order valence-corrected chi connectivity index (χ4v) is 4.55. The van der Waals surface area contributed by atoms with Crippen LogP contribution in [-0.2, 0) is 18.4 Å². The van der Waals surface area contributed by atoms with Crippen molar-refractivity contribution >= 4 is 34.4 Å². The maximum absolute atomic E-state index is 12.3. The smallest absolute Gasteiger partial charge is 0.335 e. The molecule has 1 fully saturated rings. The second-order valence-corrected chi connectivity index (χ2v) is 8.35. The molecular weight excluding hydrogens is 418 g/mol. The Balaban J connectivity index is 1.56. The van der Waals surface area contributed by atoms with Gasteiger partial charge in [-0.3, -0.25) is 14.6 Å². The van der Waals surface area contributed by atoms with Crippen molar-refractivity contribution < 1.29 is 19.8 Å². The molecule has 0 bridgehead atoms. The number of piperazine rings is 1. The van der Waals surface area contributed by atoms with Crippen LogP contribution in [0.3, 0.4) is 0 Å². The maximum atomic E-state index is 12.3. The number of aryl methyl sites for hydroxylation is 1.